The van der Waals surface area contributed by atoms with Gasteiger partial charge >= 0.3 is 0 Å². The van der Waals surface area contributed by atoms with Gasteiger partial charge in [0.05, 0.1) is 12.7 Å². The van der Waals surface area contributed by atoms with Gasteiger partial charge < -0.3 is 19.9 Å². The van der Waals surface area contributed by atoms with E-state index in [1.165, 1.54) is 21.4 Å². The van der Waals surface area contributed by atoms with Crippen LogP contribution in [-0.4, -0.2) is 45.2 Å². The van der Waals surface area contributed by atoms with E-state index in [2.05, 4.69) is 24.4 Å². The van der Waals surface area contributed by atoms with Gasteiger partial charge in [0.1, 0.15) is 44.3 Å². The Bertz CT molecular complexity index is 884. The van der Waals surface area contributed by atoms with Crippen molar-refractivity contribution in [3.63, 3.8) is 0 Å². The van der Waals surface area contributed by atoms with Crippen LogP contribution in [0.4, 0.5) is 10.1 Å². The lowest BCUT2D eigenvalue weighted by Crippen LogP contribution is -3.29. The van der Waals surface area contributed by atoms with Crippen molar-refractivity contribution in [1.29, 1.82) is 0 Å². The third-order valence-electron chi connectivity index (χ3n) is 6.21. The zero-order valence-corrected chi connectivity index (χ0v) is 18.7. The number of methoxy groups -OCH3 is 1. The second-order valence-electron chi connectivity index (χ2n) is 8.53. The van der Waals surface area contributed by atoms with E-state index >= 15 is 0 Å². The Morgan fingerprint density at radius 2 is 1.73 bits per heavy atom. The van der Waals surface area contributed by atoms with Gasteiger partial charge in [0.2, 0.25) is 0 Å². The van der Waals surface area contributed by atoms with Crippen molar-refractivity contribution in [2.24, 2.45) is 0 Å². The molecule has 0 spiro atoms. The van der Waals surface area contributed by atoms with E-state index in [0.717, 1.165) is 60.9 Å². The Kier molecular flexibility index (Phi) is 7.10. The van der Waals surface area contributed by atoms with Crippen LogP contribution in [0, 0.1) is 26.6 Å². The van der Waals surface area contributed by atoms with Gasteiger partial charge in [-0.2, -0.15) is 0 Å². The molecule has 0 saturated carbocycles. The Morgan fingerprint density at radius 1 is 1.10 bits per heavy atom. The summed E-state index contributed by atoms with van der Waals surface area (Å²) in [5.41, 5.74) is 5.23. The summed E-state index contributed by atoms with van der Waals surface area (Å²) in [6, 6.07) is 8.76. The third-order valence-corrected chi connectivity index (χ3v) is 6.21. The van der Waals surface area contributed by atoms with Crippen molar-refractivity contribution >= 4 is 11.6 Å². The van der Waals surface area contributed by atoms with Crippen LogP contribution in [0.15, 0.2) is 30.3 Å². The fraction of sp³-hybridized carbons (Fsp3) is 0.458. The number of ether oxygens (including phenoxy) is 1. The number of halogens is 1. The number of amides is 1. The van der Waals surface area contributed by atoms with Crippen LogP contribution in [0.3, 0.4) is 0 Å². The SMILES string of the molecule is COc1ccc(F)cc1C[NH+]1CC[NH+]([C@H](C)C(=O)Nc2c(C)cc(C)cc2C)CC1. The van der Waals surface area contributed by atoms with Crippen LogP contribution < -0.4 is 19.9 Å². The summed E-state index contributed by atoms with van der Waals surface area (Å²) in [7, 11) is 1.62. The summed E-state index contributed by atoms with van der Waals surface area (Å²) < 4.78 is 19.0. The summed E-state index contributed by atoms with van der Waals surface area (Å²) in [6.07, 6.45) is 0. The normalized spacial score (nSPS) is 19.9. The van der Waals surface area contributed by atoms with Gasteiger partial charge in [-0.1, -0.05) is 17.7 Å². The first-order chi connectivity index (χ1) is 14.3. The van der Waals surface area contributed by atoms with Gasteiger partial charge in [0.15, 0.2) is 6.04 Å². The lowest BCUT2D eigenvalue weighted by atomic mass is 10.0. The standard InChI is InChI=1S/C24H32FN3O2/c1-16-12-17(2)23(18(3)13-16)26-24(29)19(4)28-10-8-27(9-11-28)15-20-14-21(25)6-7-22(20)30-5/h6-7,12-14,19H,8-11,15H2,1-5H3,(H,26,29)/p+2/t19-/m1/s1. The fourth-order valence-corrected chi connectivity index (χ4v) is 4.48. The molecule has 30 heavy (non-hydrogen) atoms. The quantitative estimate of drug-likeness (QED) is 0.661. The van der Waals surface area contributed by atoms with Gasteiger partial charge in [-0.05, 0) is 57.0 Å². The van der Waals surface area contributed by atoms with Gasteiger partial charge in [-0.3, -0.25) is 4.79 Å². The van der Waals surface area contributed by atoms with E-state index in [1.807, 2.05) is 20.8 Å². The van der Waals surface area contributed by atoms with Crippen LogP contribution in [0.2, 0.25) is 0 Å². The van der Waals surface area contributed by atoms with E-state index in [-0.39, 0.29) is 17.8 Å². The summed E-state index contributed by atoms with van der Waals surface area (Å²) in [5, 5.41) is 3.15. The fourth-order valence-electron chi connectivity index (χ4n) is 4.48. The molecule has 3 rings (SSSR count). The van der Waals surface area contributed by atoms with Crippen molar-refractivity contribution in [2.75, 3.05) is 38.6 Å². The molecule has 1 atom stereocenters. The molecule has 1 aliphatic heterocycles. The predicted molar refractivity (Wildman–Crippen MR) is 117 cm³/mol. The molecule has 5 nitrogen and oxygen atoms in total. The first-order valence-electron chi connectivity index (χ1n) is 10.7. The Labute approximate surface area is 178 Å². The maximum absolute atomic E-state index is 13.6. The molecular weight excluding hydrogens is 381 g/mol. The number of anilines is 1. The highest BCUT2D eigenvalue weighted by Gasteiger charge is 2.31. The average Bonchev–Trinajstić information content (AvgIpc) is 2.70. The summed E-state index contributed by atoms with van der Waals surface area (Å²) in [5.74, 6) is 0.562. The second kappa shape index (κ2) is 9.58. The minimum absolute atomic E-state index is 0.0651. The smallest absolute Gasteiger partial charge is 0.282 e. The zero-order valence-electron chi connectivity index (χ0n) is 18.7. The summed E-state index contributed by atoms with van der Waals surface area (Å²) in [4.78, 5) is 15.6. The number of carbonyl (C=O) groups excluding carboxylic acids is 1. The number of nitrogens with one attached hydrogen (secondary N) is 3. The number of aryl methyl sites for hydroxylation is 3. The number of hydrogen-bond acceptors (Lipinski definition) is 2. The molecule has 1 amide bonds. The average molecular weight is 416 g/mol. The monoisotopic (exact) mass is 415 g/mol. The van der Waals surface area contributed by atoms with Crippen molar-refractivity contribution < 1.29 is 23.7 Å². The lowest BCUT2D eigenvalue weighted by molar-refractivity contribution is -1.02. The molecule has 3 N–H and O–H groups in total. The van der Waals surface area contributed by atoms with Crippen molar-refractivity contribution in [2.45, 2.75) is 40.3 Å². The molecule has 0 unspecified atom stereocenters. The molecule has 1 fully saturated rings. The largest absolute Gasteiger partial charge is 0.496 e. The zero-order chi connectivity index (χ0) is 21.8. The van der Waals surface area contributed by atoms with Gasteiger partial charge in [0, 0.05) is 5.69 Å². The first kappa shape index (κ1) is 22.2. The molecule has 2 aromatic rings. The van der Waals surface area contributed by atoms with E-state index in [9.17, 15) is 9.18 Å². The third kappa shape index (κ3) is 5.18. The molecule has 0 aromatic heterocycles. The first-order valence-corrected chi connectivity index (χ1v) is 10.7. The Morgan fingerprint density at radius 3 is 2.33 bits per heavy atom. The molecule has 1 heterocycles. The summed E-state index contributed by atoms with van der Waals surface area (Å²) in [6.45, 7) is 12.6. The predicted octanol–water partition coefficient (Wildman–Crippen LogP) is 1.07. The molecule has 0 radical (unpaired) electrons. The van der Waals surface area contributed by atoms with Crippen molar-refractivity contribution in [3.05, 3.63) is 58.4 Å². The molecule has 1 saturated heterocycles. The number of benzene rings is 2. The van der Waals surface area contributed by atoms with Gasteiger partial charge in [-0.15, -0.1) is 0 Å². The number of rotatable bonds is 6. The van der Waals surface area contributed by atoms with Crippen LogP contribution >= 0.6 is 0 Å². The minimum Gasteiger partial charge on any atom is -0.496 e. The topological polar surface area (TPSA) is 47.2 Å². The maximum Gasteiger partial charge on any atom is 0.282 e. The van der Waals surface area contributed by atoms with Crippen LogP contribution in [0.25, 0.3) is 0 Å². The maximum atomic E-state index is 13.6. The molecular formula is C24H34FN3O2+2. The lowest BCUT2D eigenvalue weighted by Gasteiger charge is -2.33. The Balaban J connectivity index is 1.57. The highest BCUT2D eigenvalue weighted by atomic mass is 19.1. The van der Waals surface area contributed by atoms with Gasteiger partial charge in [-0.25, -0.2) is 4.39 Å². The van der Waals surface area contributed by atoms with Crippen molar-refractivity contribution in [3.8, 4) is 5.75 Å². The van der Waals surface area contributed by atoms with E-state index < -0.39 is 0 Å². The van der Waals surface area contributed by atoms with Crippen molar-refractivity contribution in [1.82, 2.24) is 0 Å². The van der Waals surface area contributed by atoms with Gasteiger partial charge in [0.25, 0.3) is 5.91 Å². The van der Waals surface area contributed by atoms with E-state index in [1.54, 1.807) is 19.2 Å². The second-order valence-corrected chi connectivity index (χ2v) is 8.53. The molecule has 1 aliphatic rings. The van der Waals surface area contributed by atoms with Crippen LogP contribution in [0.1, 0.15) is 29.2 Å². The highest BCUT2D eigenvalue weighted by molar-refractivity contribution is 5.95. The summed E-state index contributed by atoms with van der Waals surface area (Å²) >= 11 is 0. The molecule has 6 heteroatoms. The highest BCUT2D eigenvalue weighted by Crippen LogP contribution is 2.22. The molecule has 2 aromatic carbocycles. The number of quaternary nitrogens is 2. The number of piperazine rings is 1. The molecule has 0 bridgehead atoms. The molecule has 0 aliphatic carbocycles. The minimum atomic E-state index is -0.235. The molecule has 162 valence electrons. The Hall–Kier alpha value is -2.44. The van der Waals surface area contributed by atoms with Crippen LogP contribution in [-0.2, 0) is 11.3 Å². The number of carbonyl (C=O) groups is 1. The van der Waals surface area contributed by atoms with E-state index in [4.69, 9.17) is 4.74 Å². The van der Waals surface area contributed by atoms with E-state index in [0.29, 0.717) is 0 Å². The van der Waals surface area contributed by atoms with Crippen LogP contribution in [0.5, 0.6) is 5.75 Å². The number of hydrogen-bond donors (Lipinski definition) is 3.